The van der Waals surface area contributed by atoms with Crippen molar-refractivity contribution >= 4 is 5.82 Å². The minimum atomic E-state index is -0.0409. The highest BCUT2D eigenvalue weighted by molar-refractivity contribution is 5.38. The molecule has 0 bridgehead atoms. The Labute approximate surface area is 91.3 Å². The smallest absolute Gasteiger partial charge is 0.130 e. The van der Waals surface area contributed by atoms with Gasteiger partial charge in [-0.05, 0) is 19.8 Å². The predicted octanol–water partition coefficient (Wildman–Crippen LogP) is 1.71. The van der Waals surface area contributed by atoms with Crippen molar-refractivity contribution in [1.29, 1.82) is 0 Å². The fraction of sp³-hybridized carbons (Fsp3) is 0.636. The normalized spacial score (nSPS) is 11.5. The second-order valence-corrected chi connectivity index (χ2v) is 3.86. The lowest BCUT2D eigenvalue weighted by molar-refractivity contribution is 0.443. The number of hydrogen-bond acceptors (Lipinski definition) is 4. The van der Waals surface area contributed by atoms with Crippen molar-refractivity contribution in [1.82, 2.24) is 9.97 Å². The third-order valence-corrected chi connectivity index (χ3v) is 2.94. The summed E-state index contributed by atoms with van der Waals surface area (Å²) in [5, 5.41) is 3.41. The van der Waals surface area contributed by atoms with E-state index in [4.69, 9.17) is 5.73 Å². The molecule has 0 saturated carbocycles. The molecule has 15 heavy (non-hydrogen) atoms. The van der Waals surface area contributed by atoms with Gasteiger partial charge in [0.25, 0.3) is 0 Å². The van der Waals surface area contributed by atoms with E-state index in [1.54, 1.807) is 6.33 Å². The van der Waals surface area contributed by atoms with Gasteiger partial charge in [0, 0.05) is 18.3 Å². The van der Waals surface area contributed by atoms with Crippen LogP contribution in [0.4, 0.5) is 5.82 Å². The molecule has 0 atom stereocenters. The van der Waals surface area contributed by atoms with Gasteiger partial charge in [-0.15, -0.1) is 0 Å². The maximum atomic E-state index is 5.81. The van der Waals surface area contributed by atoms with Crippen LogP contribution in [0.3, 0.4) is 0 Å². The summed E-state index contributed by atoms with van der Waals surface area (Å²) in [6.07, 6.45) is 3.55. The number of hydrogen-bond donors (Lipinski definition) is 2. The van der Waals surface area contributed by atoms with Crippen molar-refractivity contribution < 1.29 is 0 Å². The second kappa shape index (κ2) is 5.07. The molecule has 1 rings (SSSR count). The van der Waals surface area contributed by atoms with Crippen molar-refractivity contribution in [2.75, 3.05) is 11.9 Å². The van der Waals surface area contributed by atoms with Gasteiger partial charge in [0.1, 0.15) is 12.1 Å². The van der Waals surface area contributed by atoms with Gasteiger partial charge in [-0.25, -0.2) is 9.97 Å². The Morgan fingerprint density at radius 2 is 2.00 bits per heavy atom. The minimum Gasteiger partial charge on any atom is -0.363 e. The highest BCUT2D eigenvalue weighted by atomic mass is 15.1. The Hall–Kier alpha value is -1.16. The molecule has 0 unspecified atom stereocenters. The van der Waals surface area contributed by atoms with E-state index in [0.717, 1.165) is 24.4 Å². The van der Waals surface area contributed by atoms with Gasteiger partial charge in [-0.2, -0.15) is 0 Å². The SMILES string of the molecule is CCC(CC)(CN)Nc1cc(C)ncn1. The van der Waals surface area contributed by atoms with Gasteiger partial charge in [-0.1, -0.05) is 13.8 Å². The van der Waals surface area contributed by atoms with Crippen LogP contribution in [-0.4, -0.2) is 22.1 Å². The molecule has 0 aliphatic heterocycles. The highest BCUT2D eigenvalue weighted by Crippen LogP contribution is 2.19. The monoisotopic (exact) mass is 208 g/mol. The molecule has 4 nitrogen and oxygen atoms in total. The van der Waals surface area contributed by atoms with Gasteiger partial charge >= 0.3 is 0 Å². The van der Waals surface area contributed by atoms with Crippen LogP contribution in [-0.2, 0) is 0 Å². The maximum absolute atomic E-state index is 5.81. The number of anilines is 1. The third kappa shape index (κ3) is 2.89. The molecular formula is C11H20N4. The summed E-state index contributed by atoms with van der Waals surface area (Å²) in [5.74, 6) is 0.858. The molecule has 1 heterocycles. The average Bonchev–Trinajstić information content (AvgIpc) is 2.26. The van der Waals surface area contributed by atoms with Crippen molar-refractivity contribution in [3.05, 3.63) is 18.1 Å². The van der Waals surface area contributed by atoms with E-state index in [1.807, 2.05) is 13.0 Å². The molecule has 0 spiro atoms. The van der Waals surface area contributed by atoms with E-state index in [0.29, 0.717) is 6.54 Å². The van der Waals surface area contributed by atoms with Crippen molar-refractivity contribution in [3.8, 4) is 0 Å². The topological polar surface area (TPSA) is 63.8 Å². The standard InChI is InChI=1S/C11H20N4/c1-4-11(5-2,7-12)15-10-6-9(3)13-8-14-10/h6,8H,4-5,7,12H2,1-3H3,(H,13,14,15). The molecular weight excluding hydrogens is 188 g/mol. The fourth-order valence-electron chi connectivity index (χ4n) is 1.56. The van der Waals surface area contributed by atoms with Crippen LogP contribution in [0, 0.1) is 6.92 Å². The zero-order valence-electron chi connectivity index (χ0n) is 9.75. The van der Waals surface area contributed by atoms with Crippen LogP contribution < -0.4 is 11.1 Å². The number of aryl methyl sites for hydroxylation is 1. The van der Waals surface area contributed by atoms with Crippen LogP contribution in [0.25, 0.3) is 0 Å². The molecule has 0 saturated heterocycles. The Morgan fingerprint density at radius 1 is 1.33 bits per heavy atom. The summed E-state index contributed by atoms with van der Waals surface area (Å²) in [7, 11) is 0. The van der Waals surface area contributed by atoms with E-state index in [-0.39, 0.29) is 5.54 Å². The first-order valence-corrected chi connectivity index (χ1v) is 5.42. The molecule has 0 aliphatic carbocycles. The molecule has 0 radical (unpaired) electrons. The lowest BCUT2D eigenvalue weighted by Crippen LogP contribution is -2.44. The zero-order valence-corrected chi connectivity index (χ0v) is 9.75. The van der Waals surface area contributed by atoms with E-state index in [9.17, 15) is 0 Å². The van der Waals surface area contributed by atoms with E-state index in [2.05, 4.69) is 29.1 Å². The Bertz CT molecular complexity index is 299. The number of rotatable bonds is 5. The molecule has 3 N–H and O–H groups in total. The Balaban J connectivity index is 2.82. The first-order chi connectivity index (χ1) is 7.15. The van der Waals surface area contributed by atoms with Crippen LogP contribution in [0.1, 0.15) is 32.4 Å². The summed E-state index contributed by atoms with van der Waals surface area (Å²) >= 11 is 0. The second-order valence-electron chi connectivity index (χ2n) is 3.86. The molecule has 84 valence electrons. The zero-order chi connectivity index (χ0) is 11.3. The largest absolute Gasteiger partial charge is 0.363 e. The van der Waals surface area contributed by atoms with E-state index >= 15 is 0 Å². The van der Waals surface area contributed by atoms with Crippen LogP contribution in [0.15, 0.2) is 12.4 Å². The number of aromatic nitrogens is 2. The maximum Gasteiger partial charge on any atom is 0.130 e. The summed E-state index contributed by atoms with van der Waals surface area (Å²) in [5.41, 5.74) is 6.73. The number of nitrogens with two attached hydrogens (primary N) is 1. The van der Waals surface area contributed by atoms with Gasteiger partial charge in [0.2, 0.25) is 0 Å². The number of nitrogens with zero attached hydrogens (tertiary/aromatic N) is 2. The first kappa shape index (κ1) is 11.9. The van der Waals surface area contributed by atoms with E-state index in [1.165, 1.54) is 0 Å². The average molecular weight is 208 g/mol. The molecule has 0 aromatic carbocycles. The lowest BCUT2D eigenvalue weighted by Gasteiger charge is -2.32. The Morgan fingerprint density at radius 3 is 2.47 bits per heavy atom. The minimum absolute atomic E-state index is 0.0409. The van der Waals surface area contributed by atoms with Gasteiger partial charge in [-0.3, -0.25) is 0 Å². The molecule has 0 aliphatic rings. The first-order valence-electron chi connectivity index (χ1n) is 5.42. The highest BCUT2D eigenvalue weighted by Gasteiger charge is 2.24. The summed E-state index contributed by atoms with van der Waals surface area (Å²) in [4.78, 5) is 8.26. The van der Waals surface area contributed by atoms with Crippen molar-refractivity contribution in [2.24, 2.45) is 5.73 Å². The molecule has 4 heteroatoms. The summed E-state index contributed by atoms with van der Waals surface area (Å²) in [6, 6.07) is 1.94. The molecule has 0 amide bonds. The molecule has 1 aromatic heterocycles. The van der Waals surface area contributed by atoms with Gasteiger partial charge < -0.3 is 11.1 Å². The fourth-order valence-corrected chi connectivity index (χ4v) is 1.56. The number of nitrogens with one attached hydrogen (secondary N) is 1. The van der Waals surface area contributed by atoms with E-state index < -0.39 is 0 Å². The third-order valence-electron chi connectivity index (χ3n) is 2.94. The van der Waals surface area contributed by atoms with Gasteiger partial charge in [0.05, 0.1) is 5.54 Å². The summed E-state index contributed by atoms with van der Waals surface area (Å²) < 4.78 is 0. The van der Waals surface area contributed by atoms with Crippen LogP contribution in [0.2, 0.25) is 0 Å². The van der Waals surface area contributed by atoms with Crippen molar-refractivity contribution in [2.45, 2.75) is 39.2 Å². The molecule has 0 fully saturated rings. The molecule has 1 aromatic rings. The van der Waals surface area contributed by atoms with Crippen LogP contribution in [0.5, 0.6) is 0 Å². The summed E-state index contributed by atoms with van der Waals surface area (Å²) in [6.45, 7) is 6.84. The lowest BCUT2D eigenvalue weighted by atomic mass is 9.93. The Kier molecular flexibility index (Phi) is 4.03. The van der Waals surface area contributed by atoms with Gasteiger partial charge in [0.15, 0.2) is 0 Å². The quantitative estimate of drug-likeness (QED) is 0.773. The van der Waals surface area contributed by atoms with Crippen molar-refractivity contribution in [3.63, 3.8) is 0 Å². The van der Waals surface area contributed by atoms with Crippen LogP contribution >= 0.6 is 0 Å². The predicted molar refractivity (Wildman–Crippen MR) is 62.8 cm³/mol.